The summed E-state index contributed by atoms with van der Waals surface area (Å²) in [6.45, 7) is 3.11. The number of likely N-dealkylation sites (N-methyl/N-ethyl adjacent to an activating group) is 1. The lowest BCUT2D eigenvalue weighted by atomic mass is 10.2. The molecule has 0 aliphatic carbocycles. The summed E-state index contributed by atoms with van der Waals surface area (Å²) in [6, 6.07) is 3.30. The number of carboxylic acids is 1. The third kappa shape index (κ3) is 3.57. The molecule has 1 saturated heterocycles. The second-order valence-corrected chi connectivity index (χ2v) is 4.76. The van der Waals surface area contributed by atoms with Crippen LogP contribution in [0, 0.1) is 0 Å². The van der Waals surface area contributed by atoms with Gasteiger partial charge in [0.2, 0.25) is 0 Å². The summed E-state index contributed by atoms with van der Waals surface area (Å²) in [5, 5.41) is 8.60. The monoisotopic (exact) mass is 266 g/mol. The number of aryl methyl sites for hydroxylation is 1. The Morgan fingerprint density at radius 1 is 1.26 bits per heavy atom. The van der Waals surface area contributed by atoms with Gasteiger partial charge in [0.05, 0.1) is 6.42 Å². The topological polar surface area (TPSA) is 74.0 Å². The Balaban J connectivity index is 1.94. The highest BCUT2D eigenvalue weighted by atomic mass is 16.4. The van der Waals surface area contributed by atoms with Crippen molar-refractivity contribution in [2.24, 2.45) is 0 Å². The minimum Gasteiger partial charge on any atom is -0.481 e. The quantitative estimate of drug-likeness (QED) is 0.867. The summed E-state index contributed by atoms with van der Waals surface area (Å²) in [6.07, 6.45) is 0.320. The Labute approximate surface area is 111 Å². The lowest BCUT2D eigenvalue weighted by Crippen LogP contribution is -2.47. The molecule has 0 aromatic carbocycles. The van der Waals surface area contributed by atoms with Crippen molar-refractivity contribution in [1.82, 2.24) is 9.80 Å². The van der Waals surface area contributed by atoms with Crippen LogP contribution in [0.2, 0.25) is 0 Å². The van der Waals surface area contributed by atoms with E-state index in [2.05, 4.69) is 4.90 Å². The lowest BCUT2D eigenvalue weighted by molar-refractivity contribution is -0.137. The van der Waals surface area contributed by atoms with Gasteiger partial charge in [0.1, 0.15) is 5.76 Å². The van der Waals surface area contributed by atoms with E-state index in [0.717, 1.165) is 13.1 Å². The fourth-order valence-corrected chi connectivity index (χ4v) is 2.02. The summed E-state index contributed by atoms with van der Waals surface area (Å²) < 4.78 is 5.41. The first kappa shape index (κ1) is 13.6. The normalized spacial score (nSPS) is 16.6. The first-order chi connectivity index (χ1) is 9.06. The van der Waals surface area contributed by atoms with Crippen molar-refractivity contribution in [2.45, 2.75) is 12.8 Å². The van der Waals surface area contributed by atoms with Gasteiger partial charge in [-0.3, -0.25) is 9.59 Å². The van der Waals surface area contributed by atoms with Gasteiger partial charge >= 0.3 is 5.97 Å². The highest BCUT2D eigenvalue weighted by molar-refractivity contribution is 5.91. The standard InChI is InChI=1S/C13H18N2O4/c1-14-6-8-15(9-7-14)13(18)11-4-2-10(19-11)3-5-12(16)17/h2,4H,3,5-9H2,1H3,(H,16,17). The number of furan rings is 1. The van der Waals surface area contributed by atoms with Crippen LogP contribution in [0.5, 0.6) is 0 Å². The molecule has 19 heavy (non-hydrogen) atoms. The zero-order valence-corrected chi connectivity index (χ0v) is 11.0. The zero-order chi connectivity index (χ0) is 13.8. The summed E-state index contributed by atoms with van der Waals surface area (Å²) in [4.78, 5) is 26.6. The number of aliphatic carboxylic acids is 1. The summed E-state index contributed by atoms with van der Waals surface area (Å²) in [5.74, 6) is -0.150. The van der Waals surface area contributed by atoms with Crippen molar-refractivity contribution in [2.75, 3.05) is 33.2 Å². The van der Waals surface area contributed by atoms with Crippen LogP contribution < -0.4 is 0 Å². The van der Waals surface area contributed by atoms with Gasteiger partial charge in [-0.1, -0.05) is 0 Å². The molecule has 0 radical (unpaired) electrons. The van der Waals surface area contributed by atoms with Crippen molar-refractivity contribution in [3.05, 3.63) is 23.7 Å². The van der Waals surface area contributed by atoms with Gasteiger partial charge in [-0.05, 0) is 19.2 Å². The van der Waals surface area contributed by atoms with Gasteiger partial charge in [0.15, 0.2) is 5.76 Å². The minimum absolute atomic E-state index is 0.00958. The van der Waals surface area contributed by atoms with Gasteiger partial charge in [-0.2, -0.15) is 0 Å². The average Bonchev–Trinajstić information content (AvgIpc) is 2.85. The molecule has 1 amide bonds. The molecule has 0 atom stereocenters. The molecule has 1 aliphatic rings. The molecule has 1 fully saturated rings. The molecule has 0 saturated carbocycles. The van der Waals surface area contributed by atoms with E-state index < -0.39 is 5.97 Å². The smallest absolute Gasteiger partial charge is 0.303 e. The molecule has 0 spiro atoms. The van der Waals surface area contributed by atoms with E-state index >= 15 is 0 Å². The number of piperazine rings is 1. The first-order valence-corrected chi connectivity index (χ1v) is 6.34. The van der Waals surface area contributed by atoms with Crippen molar-refractivity contribution >= 4 is 11.9 Å². The molecule has 0 bridgehead atoms. The molecule has 104 valence electrons. The average molecular weight is 266 g/mol. The fourth-order valence-electron chi connectivity index (χ4n) is 2.02. The minimum atomic E-state index is -0.872. The van der Waals surface area contributed by atoms with Gasteiger partial charge in [0, 0.05) is 32.6 Å². The third-order valence-electron chi connectivity index (χ3n) is 3.25. The van der Waals surface area contributed by atoms with Crippen LogP contribution in [0.4, 0.5) is 0 Å². The number of carboxylic acid groups (broad SMARTS) is 1. The van der Waals surface area contributed by atoms with Gasteiger partial charge < -0.3 is 19.3 Å². The van der Waals surface area contributed by atoms with E-state index in [1.807, 2.05) is 7.05 Å². The highest BCUT2D eigenvalue weighted by Crippen LogP contribution is 2.13. The van der Waals surface area contributed by atoms with Crippen molar-refractivity contribution < 1.29 is 19.1 Å². The lowest BCUT2D eigenvalue weighted by Gasteiger charge is -2.31. The third-order valence-corrected chi connectivity index (χ3v) is 3.25. The van der Waals surface area contributed by atoms with E-state index in [1.165, 1.54) is 0 Å². The summed E-state index contributed by atoms with van der Waals surface area (Å²) in [5.41, 5.74) is 0. The van der Waals surface area contributed by atoms with E-state index in [0.29, 0.717) is 31.0 Å². The molecule has 0 unspecified atom stereocenters. The van der Waals surface area contributed by atoms with Gasteiger partial charge in [0.25, 0.3) is 5.91 Å². The fraction of sp³-hybridized carbons (Fsp3) is 0.538. The van der Waals surface area contributed by atoms with E-state index in [4.69, 9.17) is 9.52 Å². The second kappa shape index (κ2) is 5.88. The highest BCUT2D eigenvalue weighted by Gasteiger charge is 2.22. The summed E-state index contributed by atoms with van der Waals surface area (Å²) in [7, 11) is 2.03. The zero-order valence-electron chi connectivity index (χ0n) is 11.0. The maximum atomic E-state index is 12.2. The number of carbonyl (C=O) groups excluding carboxylic acids is 1. The van der Waals surface area contributed by atoms with Gasteiger partial charge in [-0.15, -0.1) is 0 Å². The van der Waals surface area contributed by atoms with Crippen LogP contribution in [0.1, 0.15) is 22.7 Å². The van der Waals surface area contributed by atoms with Crippen LogP contribution in [-0.4, -0.2) is 60.0 Å². The molecule has 6 heteroatoms. The molecule has 2 rings (SSSR count). The van der Waals surface area contributed by atoms with Crippen LogP contribution >= 0.6 is 0 Å². The van der Waals surface area contributed by atoms with Crippen LogP contribution in [0.3, 0.4) is 0 Å². The molecule has 1 aromatic rings. The largest absolute Gasteiger partial charge is 0.481 e. The predicted molar refractivity (Wildman–Crippen MR) is 68.1 cm³/mol. The number of amides is 1. The first-order valence-electron chi connectivity index (χ1n) is 6.34. The summed E-state index contributed by atoms with van der Waals surface area (Å²) >= 11 is 0. The van der Waals surface area contributed by atoms with Crippen molar-refractivity contribution in [3.63, 3.8) is 0 Å². The molecule has 1 aromatic heterocycles. The molecular formula is C13H18N2O4. The Morgan fingerprint density at radius 2 is 1.95 bits per heavy atom. The number of carbonyl (C=O) groups is 2. The van der Waals surface area contributed by atoms with Crippen LogP contribution in [-0.2, 0) is 11.2 Å². The Hall–Kier alpha value is -1.82. The maximum Gasteiger partial charge on any atom is 0.303 e. The maximum absolute atomic E-state index is 12.2. The van der Waals surface area contributed by atoms with E-state index in [9.17, 15) is 9.59 Å². The molecule has 1 aliphatic heterocycles. The molecule has 1 N–H and O–H groups in total. The number of hydrogen-bond donors (Lipinski definition) is 1. The Bertz CT molecular complexity index is 461. The SMILES string of the molecule is CN1CCN(C(=O)c2ccc(CCC(=O)O)o2)CC1. The number of rotatable bonds is 4. The van der Waals surface area contributed by atoms with E-state index in [1.54, 1.807) is 17.0 Å². The Morgan fingerprint density at radius 3 is 2.58 bits per heavy atom. The molecular weight excluding hydrogens is 248 g/mol. The van der Waals surface area contributed by atoms with Crippen molar-refractivity contribution in [3.8, 4) is 0 Å². The second-order valence-electron chi connectivity index (χ2n) is 4.76. The van der Waals surface area contributed by atoms with Crippen LogP contribution in [0.15, 0.2) is 16.5 Å². The molecule has 6 nitrogen and oxygen atoms in total. The number of hydrogen-bond acceptors (Lipinski definition) is 4. The Kier molecular flexibility index (Phi) is 4.21. The van der Waals surface area contributed by atoms with Crippen molar-refractivity contribution in [1.29, 1.82) is 0 Å². The van der Waals surface area contributed by atoms with Gasteiger partial charge in [-0.25, -0.2) is 0 Å². The predicted octanol–water partition coefficient (Wildman–Crippen LogP) is 0.684. The van der Waals surface area contributed by atoms with E-state index in [-0.39, 0.29) is 12.3 Å². The molecule has 2 heterocycles. The van der Waals surface area contributed by atoms with Crippen LogP contribution in [0.25, 0.3) is 0 Å². The number of nitrogens with zero attached hydrogens (tertiary/aromatic N) is 2.